The fourth-order valence-electron chi connectivity index (χ4n) is 2.94. The number of aromatic nitrogens is 2. The van der Waals surface area contributed by atoms with Crippen LogP contribution in [0, 0.1) is 0 Å². The normalized spacial score (nSPS) is 11.7. The average molecular weight is 333 g/mol. The lowest BCUT2D eigenvalue weighted by Crippen LogP contribution is -2.33. The molecule has 0 fully saturated rings. The van der Waals surface area contributed by atoms with Crippen molar-refractivity contribution < 1.29 is 0 Å². The van der Waals surface area contributed by atoms with Crippen LogP contribution < -0.4 is 21.0 Å². The molecule has 0 saturated carbocycles. The molecule has 1 aromatic heterocycles. The summed E-state index contributed by atoms with van der Waals surface area (Å²) in [6.45, 7) is 10.2. The Labute approximate surface area is 147 Å². The van der Waals surface area contributed by atoms with Crippen molar-refractivity contribution in [3.05, 3.63) is 81.1 Å². The highest BCUT2D eigenvalue weighted by Crippen LogP contribution is 2.15. The maximum Gasteiger partial charge on any atom is 0.279 e. The lowest BCUT2D eigenvalue weighted by Gasteiger charge is -2.20. The Morgan fingerprint density at radius 3 is 2.28 bits per heavy atom. The predicted octanol–water partition coefficient (Wildman–Crippen LogP) is 2.25. The largest absolute Gasteiger partial charge is 0.372 e. The number of nitrogens with zero attached hydrogens (tertiary/aromatic N) is 2. The van der Waals surface area contributed by atoms with Gasteiger partial charge in [0.25, 0.3) is 5.56 Å². The zero-order valence-electron chi connectivity index (χ0n) is 14.7. The molecule has 0 spiro atoms. The van der Waals surface area contributed by atoms with Crippen molar-refractivity contribution in [3.63, 3.8) is 0 Å². The fraction of sp³-hybridized carbons (Fsp3) is 0.190. The van der Waals surface area contributed by atoms with E-state index in [1.807, 2.05) is 48.5 Å². The monoisotopic (exact) mass is 333 g/mol. The van der Waals surface area contributed by atoms with Crippen molar-refractivity contribution in [3.8, 4) is 5.69 Å². The summed E-state index contributed by atoms with van der Waals surface area (Å²) in [5, 5.41) is 4.25. The van der Waals surface area contributed by atoms with Crippen molar-refractivity contribution in [2.45, 2.75) is 13.8 Å². The van der Waals surface area contributed by atoms with Gasteiger partial charge in [-0.25, -0.2) is 4.68 Å². The molecule has 0 aliphatic rings. The molecule has 0 amide bonds. The van der Waals surface area contributed by atoms with Crippen molar-refractivity contribution in [2.24, 2.45) is 0 Å². The van der Waals surface area contributed by atoms with Crippen LogP contribution in [-0.4, -0.2) is 22.9 Å². The summed E-state index contributed by atoms with van der Waals surface area (Å²) < 4.78 is 1.53. The lowest BCUT2D eigenvalue weighted by atomic mass is 10.1. The van der Waals surface area contributed by atoms with Gasteiger partial charge in [-0.1, -0.05) is 36.9 Å². The minimum Gasteiger partial charge on any atom is -0.372 e. The molecule has 3 aromatic rings. The molecule has 1 N–H and O–H groups in total. The van der Waals surface area contributed by atoms with Crippen LogP contribution in [0.5, 0.6) is 0 Å². The molecule has 0 bridgehead atoms. The summed E-state index contributed by atoms with van der Waals surface area (Å²) in [7, 11) is 0. The van der Waals surface area contributed by atoms with Gasteiger partial charge in [0.1, 0.15) is 0 Å². The van der Waals surface area contributed by atoms with Gasteiger partial charge in [0.2, 0.25) is 0 Å². The topological polar surface area (TPSA) is 41.0 Å². The van der Waals surface area contributed by atoms with Gasteiger partial charge in [-0.05, 0) is 49.8 Å². The van der Waals surface area contributed by atoms with Gasteiger partial charge in [-0.2, -0.15) is 0 Å². The highest BCUT2D eigenvalue weighted by molar-refractivity contribution is 5.56. The Balaban J connectivity index is 2.01. The van der Waals surface area contributed by atoms with Crippen LogP contribution in [0.3, 0.4) is 0 Å². The van der Waals surface area contributed by atoms with Crippen molar-refractivity contribution in [1.29, 1.82) is 0 Å². The van der Waals surface area contributed by atoms with E-state index in [4.69, 9.17) is 0 Å². The summed E-state index contributed by atoms with van der Waals surface area (Å²) in [5.74, 6) is 0. The van der Waals surface area contributed by atoms with Crippen LogP contribution in [0.25, 0.3) is 18.3 Å². The Bertz CT molecular complexity index is 994. The van der Waals surface area contributed by atoms with E-state index >= 15 is 0 Å². The van der Waals surface area contributed by atoms with Crippen molar-refractivity contribution >= 4 is 18.3 Å². The molecular formula is C21H23N3O. The van der Waals surface area contributed by atoms with Gasteiger partial charge in [-0.15, -0.1) is 0 Å². The number of aromatic amines is 1. The van der Waals surface area contributed by atoms with Crippen LogP contribution in [-0.2, 0) is 0 Å². The molecular weight excluding hydrogens is 310 g/mol. The highest BCUT2D eigenvalue weighted by atomic mass is 16.1. The molecule has 128 valence electrons. The van der Waals surface area contributed by atoms with Crippen LogP contribution in [0.2, 0.25) is 0 Å². The van der Waals surface area contributed by atoms with E-state index in [9.17, 15) is 4.79 Å². The third-order valence-corrected chi connectivity index (χ3v) is 4.35. The molecule has 25 heavy (non-hydrogen) atoms. The second-order valence-electron chi connectivity index (χ2n) is 5.89. The van der Waals surface area contributed by atoms with Gasteiger partial charge in [0.15, 0.2) is 0 Å². The summed E-state index contributed by atoms with van der Waals surface area (Å²) in [5.41, 5.74) is 2.88. The minimum atomic E-state index is -0.0935. The number of hydrogen-bond donors (Lipinski definition) is 1. The van der Waals surface area contributed by atoms with E-state index < -0.39 is 0 Å². The third kappa shape index (κ3) is 3.43. The van der Waals surface area contributed by atoms with Gasteiger partial charge >= 0.3 is 0 Å². The summed E-state index contributed by atoms with van der Waals surface area (Å²) in [4.78, 5) is 15.0. The van der Waals surface area contributed by atoms with Crippen LogP contribution in [0.1, 0.15) is 19.4 Å². The first-order valence-electron chi connectivity index (χ1n) is 8.56. The highest BCUT2D eigenvalue weighted by Gasteiger charge is 2.05. The molecule has 0 aliphatic carbocycles. The summed E-state index contributed by atoms with van der Waals surface area (Å²) >= 11 is 0. The van der Waals surface area contributed by atoms with Crippen LogP contribution in [0.4, 0.5) is 5.69 Å². The summed E-state index contributed by atoms with van der Waals surface area (Å²) in [6, 6.07) is 17.8. The van der Waals surface area contributed by atoms with Gasteiger partial charge in [0, 0.05) is 18.8 Å². The van der Waals surface area contributed by atoms with E-state index in [1.54, 1.807) is 0 Å². The van der Waals surface area contributed by atoms with E-state index in [0.717, 1.165) is 24.3 Å². The number of nitrogens with one attached hydrogen (secondary N) is 1. The van der Waals surface area contributed by atoms with Crippen LogP contribution in [0.15, 0.2) is 59.4 Å². The number of rotatable bonds is 5. The smallest absolute Gasteiger partial charge is 0.279 e. The predicted molar refractivity (Wildman–Crippen MR) is 105 cm³/mol. The molecule has 0 aliphatic heterocycles. The number of anilines is 1. The average Bonchev–Trinajstić information content (AvgIpc) is 2.93. The van der Waals surface area contributed by atoms with E-state index in [1.165, 1.54) is 10.4 Å². The third-order valence-electron chi connectivity index (χ3n) is 4.35. The number of H-pyrrole nitrogens is 1. The molecule has 3 rings (SSSR count). The molecule has 0 unspecified atom stereocenters. The first kappa shape index (κ1) is 16.8. The Kier molecular flexibility index (Phi) is 4.89. The number of benzene rings is 2. The van der Waals surface area contributed by atoms with Gasteiger partial charge < -0.3 is 4.90 Å². The number of hydrogen-bond acceptors (Lipinski definition) is 2. The summed E-state index contributed by atoms with van der Waals surface area (Å²) in [6.07, 6.45) is 1.88. The van der Waals surface area contributed by atoms with Crippen LogP contribution >= 0.6 is 0 Å². The second kappa shape index (κ2) is 7.26. The first-order valence-corrected chi connectivity index (χ1v) is 8.56. The van der Waals surface area contributed by atoms with E-state index in [0.29, 0.717) is 10.6 Å². The number of para-hydroxylation sites is 1. The zero-order chi connectivity index (χ0) is 17.8. The molecule has 0 saturated heterocycles. The molecule has 0 atom stereocenters. The quantitative estimate of drug-likeness (QED) is 0.778. The molecule has 0 radical (unpaired) electrons. The maximum absolute atomic E-state index is 12.7. The Morgan fingerprint density at radius 1 is 1.04 bits per heavy atom. The first-order chi connectivity index (χ1) is 12.1. The van der Waals surface area contributed by atoms with Crippen molar-refractivity contribution in [2.75, 3.05) is 18.0 Å². The van der Waals surface area contributed by atoms with Crippen molar-refractivity contribution in [1.82, 2.24) is 9.78 Å². The molecule has 4 heteroatoms. The lowest BCUT2D eigenvalue weighted by molar-refractivity contribution is 0.838. The molecule has 2 aromatic carbocycles. The maximum atomic E-state index is 12.7. The van der Waals surface area contributed by atoms with E-state index in [-0.39, 0.29) is 5.56 Å². The standard InChI is InChI=1S/C21H23N3O/c1-4-23(5-2)18-13-11-17(12-14-18)15-20-16(3)22-24(21(20)25)19-9-7-6-8-10-19/h6-15,22H,3-5H2,1-2H3/b20-15-. The van der Waals surface area contributed by atoms with Gasteiger partial charge in [0.05, 0.1) is 16.3 Å². The molecule has 1 heterocycles. The van der Waals surface area contributed by atoms with E-state index in [2.05, 4.69) is 42.6 Å². The minimum absolute atomic E-state index is 0.0935. The van der Waals surface area contributed by atoms with Gasteiger partial charge in [-0.3, -0.25) is 9.89 Å². The molecule has 4 nitrogen and oxygen atoms in total. The second-order valence-corrected chi connectivity index (χ2v) is 5.89. The fourth-order valence-corrected chi connectivity index (χ4v) is 2.94. The Hall–Kier alpha value is -3.01. The zero-order valence-corrected chi connectivity index (χ0v) is 14.7. The SMILES string of the molecule is C=c1[nH]n(-c2ccccc2)c(=O)/c1=C\c1ccc(N(CC)CC)cc1. The Morgan fingerprint density at radius 2 is 1.68 bits per heavy atom.